The van der Waals surface area contributed by atoms with Gasteiger partial charge in [-0.3, -0.25) is 9.10 Å². The first-order valence-corrected chi connectivity index (χ1v) is 9.69. The number of carbonyl (C=O) groups excluding carboxylic acids is 1. The smallest absolute Gasteiger partial charge is 0.263 e. The number of para-hydroxylation sites is 1. The molecule has 26 heavy (non-hydrogen) atoms. The Balaban J connectivity index is 2.12. The van der Waals surface area contributed by atoms with Crippen LogP contribution in [-0.4, -0.2) is 39.9 Å². The van der Waals surface area contributed by atoms with Crippen LogP contribution in [0.2, 0.25) is 0 Å². The maximum absolute atomic E-state index is 12.4. The van der Waals surface area contributed by atoms with E-state index in [-0.39, 0.29) is 0 Å². The summed E-state index contributed by atoms with van der Waals surface area (Å²) < 4.78 is 30.4. The van der Waals surface area contributed by atoms with Gasteiger partial charge in [-0.05, 0) is 36.8 Å². The van der Waals surface area contributed by atoms with E-state index in [1.807, 2.05) is 0 Å². The van der Waals surface area contributed by atoms with E-state index in [0.717, 1.165) is 16.1 Å². The van der Waals surface area contributed by atoms with Gasteiger partial charge in [0.1, 0.15) is 11.8 Å². The molecule has 2 aromatic rings. The molecule has 2 aromatic carbocycles. The van der Waals surface area contributed by atoms with Crippen molar-refractivity contribution < 1.29 is 17.9 Å². The van der Waals surface area contributed by atoms with E-state index >= 15 is 0 Å². The largest absolute Gasteiger partial charge is 0.497 e. The van der Waals surface area contributed by atoms with E-state index in [0.29, 0.717) is 11.4 Å². The van der Waals surface area contributed by atoms with Crippen molar-refractivity contribution in [2.24, 2.45) is 5.10 Å². The number of sulfonamides is 1. The summed E-state index contributed by atoms with van der Waals surface area (Å²) in [5.41, 5.74) is 3.52. The molecule has 1 amide bonds. The van der Waals surface area contributed by atoms with Gasteiger partial charge in [0.05, 0.1) is 25.3 Å². The Morgan fingerprint density at radius 1 is 1.19 bits per heavy atom. The molecule has 7 nitrogen and oxygen atoms in total. The lowest BCUT2D eigenvalue weighted by Crippen LogP contribution is -2.46. The van der Waals surface area contributed by atoms with Crippen LogP contribution in [0.1, 0.15) is 12.5 Å². The second-order valence-electron chi connectivity index (χ2n) is 5.58. The summed E-state index contributed by atoms with van der Waals surface area (Å²) in [6.07, 6.45) is 2.52. The molecule has 1 N–H and O–H groups in total. The van der Waals surface area contributed by atoms with Crippen LogP contribution in [0.4, 0.5) is 5.69 Å². The van der Waals surface area contributed by atoms with Crippen LogP contribution < -0.4 is 14.5 Å². The average Bonchev–Trinajstić information content (AvgIpc) is 2.61. The van der Waals surface area contributed by atoms with Crippen LogP contribution in [0.25, 0.3) is 0 Å². The van der Waals surface area contributed by atoms with Crippen molar-refractivity contribution in [3.8, 4) is 5.75 Å². The number of nitrogens with zero attached hydrogens (tertiary/aromatic N) is 2. The van der Waals surface area contributed by atoms with Crippen LogP contribution in [0.5, 0.6) is 5.75 Å². The van der Waals surface area contributed by atoms with E-state index < -0.39 is 22.0 Å². The molecule has 8 heteroatoms. The summed E-state index contributed by atoms with van der Waals surface area (Å²) in [5, 5.41) is 3.89. The molecular weight excluding hydrogens is 354 g/mol. The van der Waals surface area contributed by atoms with Crippen LogP contribution in [0.15, 0.2) is 59.7 Å². The maximum Gasteiger partial charge on any atom is 0.263 e. The van der Waals surface area contributed by atoms with E-state index in [2.05, 4.69) is 10.5 Å². The van der Waals surface area contributed by atoms with E-state index in [4.69, 9.17) is 4.74 Å². The summed E-state index contributed by atoms with van der Waals surface area (Å²) in [4.78, 5) is 12.4. The number of hydrogen-bond donors (Lipinski definition) is 1. The molecule has 0 unspecified atom stereocenters. The highest BCUT2D eigenvalue weighted by Crippen LogP contribution is 2.20. The van der Waals surface area contributed by atoms with Gasteiger partial charge in [0.25, 0.3) is 5.91 Å². The second-order valence-corrected chi connectivity index (χ2v) is 7.44. The molecule has 1 atom stereocenters. The van der Waals surface area contributed by atoms with Gasteiger partial charge in [-0.15, -0.1) is 0 Å². The van der Waals surface area contributed by atoms with Gasteiger partial charge in [-0.2, -0.15) is 5.10 Å². The van der Waals surface area contributed by atoms with Crippen molar-refractivity contribution in [2.45, 2.75) is 13.0 Å². The molecule has 0 spiro atoms. The van der Waals surface area contributed by atoms with Crippen LogP contribution >= 0.6 is 0 Å². The van der Waals surface area contributed by atoms with Gasteiger partial charge in [0.2, 0.25) is 10.0 Å². The Kier molecular flexibility index (Phi) is 6.35. The van der Waals surface area contributed by atoms with Crippen molar-refractivity contribution in [1.82, 2.24) is 5.43 Å². The van der Waals surface area contributed by atoms with Crippen LogP contribution in [-0.2, 0) is 14.8 Å². The zero-order valence-corrected chi connectivity index (χ0v) is 15.6. The zero-order valence-electron chi connectivity index (χ0n) is 14.8. The number of rotatable bonds is 7. The normalized spacial score (nSPS) is 12.6. The lowest BCUT2D eigenvalue weighted by molar-refractivity contribution is -0.121. The fraction of sp³-hybridized carbons (Fsp3) is 0.222. The number of anilines is 1. The molecular formula is C18H21N3O4S. The van der Waals surface area contributed by atoms with Gasteiger partial charge < -0.3 is 4.74 Å². The topological polar surface area (TPSA) is 88.1 Å². The summed E-state index contributed by atoms with van der Waals surface area (Å²) in [6, 6.07) is 14.6. The third-order valence-electron chi connectivity index (χ3n) is 3.58. The Labute approximate surface area is 153 Å². The summed E-state index contributed by atoms with van der Waals surface area (Å²) in [5.74, 6) is 0.124. The number of benzene rings is 2. The quantitative estimate of drug-likeness (QED) is 0.592. The Morgan fingerprint density at radius 3 is 2.50 bits per heavy atom. The monoisotopic (exact) mass is 375 g/mol. The minimum atomic E-state index is -3.64. The molecule has 0 aliphatic rings. The number of nitrogens with one attached hydrogen (secondary N) is 1. The van der Waals surface area contributed by atoms with Crippen molar-refractivity contribution in [3.05, 3.63) is 60.2 Å². The molecule has 2 rings (SSSR count). The summed E-state index contributed by atoms with van der Waals surface area (Å²) in [7, 11) is -2.09. The lowest BCUT2D eigenvalue weighted by Gasteiger charge is -2.27. The fourth-order valence-corrected chi connectivity index (χ4v) is 3.54. The molecule has 0 aliphatic heterocycles. The number of hydrogen-bond acceptors (Lipinski definition) is 5. The highest BCUT2D eigenvalue weighted by molar-refractivity contribution is 7.92. The third kappa shape index (κ3) is 5.06. The first-order valence-electron chi connectivity index (χ1n) is 7.84. The molecule has 0 saturated carbocycles. The van der Waals surface area contributed by atoms with E-state index in [1.165, 1.54) is 13.1 Å². The molecule has 0 saturated heterocycles. The van der Waals surface area contributed by atoms with Gasteiger partial charge in [0, 0.05) is 0 Å². The Morgan fingerprint density at radius 2 is 1.88 bits per heavy atom. The predicted molar refractivity (Wildman–Crippen MR) is 102 cm³/mol. The first-order chi connectivity index (χ1) is 12.3. The van der Waals surface area contributed by atoms with Gasteiger partial charge >= 0.3 is 0 Å². The van der Waals surface area contributed by atoms with E-state index in [1.54, 1.807) is 61.7 Å². The number of methoxy groups -OCH3 is 1. The molecule has 0 aliphatic carbocycles. The predicted octanol–water partition coefficient (Wildman–Crippen LogP) is 2.00. The zero-order chi connectivity index (χ0) is 19.2. The highest BCUT2D eigenvalue weighted by Gasteiger charge is 2.28. The molecule has 0 aromatic heterocycles. The molecule has 0 bridgehead atoms. The van der Waals surface area contributed by atoms with E-state index in [9.17, 15) is 13.2 Å². The minimum Gasteiger partial charge on any atom is -0.497 e. The van der Waals surface area contributed by atoms with Crippen molar-refractivity contribution >= 4 is 27.8 Å². The van der Waals surface area contributed by atoms with Gasteiger partial charge in [-0.1, -0.05) is 30.3 Å². The highest BCUT2D eigenvalue weighted by atomic mass is 32.2. The van der Waals surface area contributed by atoms with Crippen molar-refractivity contribution in [3.63, 3.8) is 0 Å². The molecule has 0 radical (unpaired) electrons. The molecule has 138 valence electrons. The second kappa shape index (κ2) is 8.48. The summed E-state index contributed by atoms with van der Waals surface area (Å²) >= 11 is 0. The average molecular weight is 375 g/mol. The Hall–Kier alpha value is -2.87. The SMILES string of the molecule is COc1cccc(/C=N\NC(=O)[C@@H](C)N(c2ccccc2)S(C)(=O)=O)c1. The number of amides is 1. The summed E-state index contributed by atoms with van der Waals surface area (Å²) in [6.45, 7) is 1.50. The first kappa shape index (κ1) is 19.5. The molecule has 0 fully saturated rings. The standard InChI is InChI=1S/C18H21N3O4S/c1-14(21(26(3,23)24)16-9-5-4-6-10-16)18(22)20-19-13-15-8-7-11-17(12-15)25-2/h4-14H,1-3H3,(H,20,22)/b19-13-/t14-/m1/s1. The van der Waals surface area contributed by atoms with Crippen LogP contribution in [0.3, 0.4) is 0 Å². The number of hydrazone groups is 1. The Bertz CT molecular complexity index is 882. The lowest BCUT2D eigenvalue weighted by atomic mass is 10.2. The number of ether oxygens (including phenoxy) is 1. The molecule has 0 heterocycles. The maximum atomic E-state index is 12.4. The fourth-order valence-electron chi connectivity index (χ4n) is 2.37. The van der Waals surface area contributed by atoms with Crippen LogP contribution in [0, 0.1) is 0 Å². The number of carbonyl (C=O) groups is 1. The van der Waals surface area contributed by atoms with Gasteiger partial charge in [0.15, 0.2) is 0 Å². The minimum absolute atomic E-state index is 0.412. The third-order valence-corrected chi connectivity index (χ3v) is 4.82. The van der Waals surface area contributed by atoms with Crippen molar-refractivity contribution in [2.75, 3.05) is 17.7 Å². The van der Waals surface area contributed by atoms with Gasteiger partial charge in [-0.25, -0.2) is 13.8 Å². The van der Waals surface area contributed by atoms with Crippen molar-refractivity contribution in [1.29, 1.82) is 0 Å².